The van der Waals surface area contributed by atoms with E-state index in [0.717, 1.165) is 17.9 Å². The van der Waals surface area contributed by atoms with E-state index in [9.17, 15) is 13.0 Å². The molecule has 2 aliphatic rings. The maximum Gasteiger partial charge on any atom is 0.210 e. The van der Waals surface area contributed by atoms with Crippen LogP contribution in [0.15, 0.2) is 121 Å². The summed E-state index contributed by atoms with van der Waals surface area (Å²) in [4.78, 5) is 2.58. The van der Waals surface area contributed by atoms with Crippen LogP contribution in [0, 0.1) is 0 Å². The van der Waals surface area contributed by atoms with Crippen LogP contribution in [0.5, 0.6) is 0 Å². The third-order valence-electron chi connectivity index (χ3n) is 11.7. The molecule has 0 spiro atoms. The first-order chi connectivity index (χ1) is 26.4. The second-order valence-electron chi connectivity index (χ2n) is 16.4. The van der Waals surface area contributed by atoms with Crippen LogP contribution in [0.2, 0.25) is 0 Å². The average molecular weight is 757 g/mol. The summed E-state index contributed by atoms with van der Waals surface area (Å²) in [5.41, 5.74) is 7.30. The van der Waals surface area contributed by atoms with Gasteiger partial charge in [-0.05, 0) is 72.0 Å². The molecule has 0 fully saturated rings. The molecule has 0 aromatic heterocycles. The molecule has 0 aliphatic carbocycles. The summed E-state index contributed by atoms with van der Waals surface area (Å²) >= 11 is 0. The summed E-state index contributed by atoms with van der Waals surface area (Å²) in [5.74, 6) is -0.331. The summed E-state index contributed by atoms with van der Waals surface area (Å²) in [6, 6.07) is 26.2. The van der Waals surface area contributed by atoms with Crippen LogP contribution in [-0.2, 0) is 20.9 Å². The van der Waals surface area contributed by atoms with Crippen LogP contribution >= 0.6 is 0 Å². The van der Waals surface area contributed by atoms with E-state index in [-0.39, 0.29) is 16.6 Å². The van der Waals surface area contributed by atoms with Gasteiger partial charge in [0.05, 0.1) is 15.5 Å². The Morgan fingerprint density at radius 3 is 1.95 bits per heavy atom. The first kappa shape index (κ1) is 40.4. The molecule has 6 rings (SSSR count). The fraction of sp³-hybridized carbons (Fsp3) is 0.408. The number of hydrogen-bond donors (Lipinski definition) is 0. The Hall–Kier alpha value is -4.26. The maximum atomic E-state index is 11.3. The molecular formula is C49H60N2O3S. The molecular weight excluding hydrogens is 697 g/mol. The molecule has 55 heavy (non-hydrogen) atoms. The number of rotatable bonds is 18. The number of fused-ring (bicyclic) bond motifs is 6. The minimum absolute atomic E-state index is 0.129. The molecule has 5 nitrogen and oxygen atoms in total. The largest absolute Gasteiger partial charge is 0.748 e. The van der Waals surface area contributed by atoms with Crippen LogP contribution in [0.25, 0.3) is 21.5 Å². The predicted octanol–water partition coefficient (Wildman–Crippen LogP) is 12.2. The highest BCUT2D eigenvalue weighted by molar-refractivity contribution is 7.85. The zero-order chi connectivity index (χ0) is 39.1. The van der Waals surface area contributed by atoms with Crippen molar-refractivity contribution in [3.63, 3.8) is 0 Å². The topological polar surface area (TPSA) is 63.5 Å². The molecule has 0 N–H and O–H groups in total. The van der Waals surface area contributed by atoms with Crippen LogP contribution in [0.3, 0.4) is 0 Å². The van der Waals surface area contributed by atoms with Crippen molar-refractivity contribution in [2.24, 2.45) is 0 Å². The van der Waals surface area contributed by atoms with Crippen LogP contribution < -0.4 is 4.90 Å². The molecule has 0 saturated heterocycles. The molecule has 0 atom stereocenters. The zero-order valence-corrected chi connectivity index (χ0v) is 34.5. The minimum Gasteiger partial charge on any atom is -0.748 e. The van der Waals surface area contributed by atoms with E-state index >= 15 is 0 Å². The Morgan fingerprint density at radius 2 is 1.25 bits per heavy atom. The molecule has 0 bridgehead atoms. The highest BCUT2D eigenvalue weighted by Gasteiger charge is 2.45. The first-order valence-corrected chi connectivity index (χ1v) is 22.2. The normalized spacial score (nSPS) is 17.3. The van der Waals surface area contributed by atoms with Gasteiger partial charge in [-0.2, -0.15) is 4.58 Å². The van der Waals surface area contributed by atoms with Crippen LogP contribution in [0.1, 0.15) is 110 Å². The van der Waals surface area contributed by atoms with Gasteiger partial charge in [-0.3, -0.25) is 0 Å². The Bertz CT molecular complexity index is 2250. The van der Waals surface area contributed by atoms with Crippen molar-refractivity contribution >= 4 is 48.7 Å². The lowest BCUT2D eigenvalue weighted by atomic mass is 9.79. The Kier molecular flexibility index (Phi) is 13.0. The van der Waals surface area contributed by atoms with Gasteiger partial charge in [0.25, 0.3) is 0 Å². The SMILES string of the molecule is CCCCCCCCCCN1/C(=C/C=C/C=C/C=C/C2=[N+](CCCCS(=O)(=O)[O-])c3ccc4ccccc4c3C2(C)C)C(C)(C)c2c1ccc1ccccc21. The summed E-state index contributed by atoms with van der Waals surface area (Å²) in [5, 5.41) is 5.07. The van der Waals surface area contributed by atoms with Gasteiger partial charge in [-0.25, -0.2) is 8.42 Å². The van der Waals surface area contributed by atoms with Crippen molar-refractivity contribution in [1.29, 1.82) is 0 Å². The van der Waals surface area contributed by atoms with Gasteiger partial charge in [-0.15, -0.1) is 0 Å². The van der Waals surface area contributed by atoms with E-state index in [4.69, 9.17) is 0 Å². The zero-order valence-electron chi connectivity index (χ0n) is 33.7. The monoisotopic (exact) mass is 756 g/mol. The van der Waals surface area contributed by atoms with Gasteiger partial charge in [0, 0.05) is 53.2 Å². The fourth-order valence-corrected chi connectivity index (χ4v) is 9.55. The second-order valence-corrected chi connectivity index (χ2v) is 17.9. The molecule has 0 amide bonds. The molecule has 4 aromatic carbocycles. The summed E-state index contributed by atoms with van der Waals surface area (Å²) < 4.78 is 36.2. The molecule has 6 heteroatoms. The van der Waals surface area contributed by atoms with Crippen molar-refractivity contribution in [3.8, 4) is 0 Å². The number of anilines is 1. The Morgan fingerprint density at radius 1 is 0.655 bits per heavy atom. The van der Waals surface area contributed by atoms with Gasteiger partial charge < -0.3 is 9.45 Å². The van der Waals surface area contributed by atoms with E-state index in [1.165, 1.54) is 95.4 Å². The van der Waals surface area contributed by atoms with Crippen molar-refractivity contribution in [1.82, 2.24) is 0 Å². The standard InChI is InChI=1S/C49H60N2O3S/c1-6-7-8-9-10-11-15-22-35-50-42-33-31-38-25-18-20-27-40(38)46(42)48(2,3)44(50)29-16-13-12-14-17-30-45-49(4,5)47-41-28-21-19-26-39(41)32-34-43(47)51(45)36-23-24-37-55(52,53)54/h12-14,16-21,25-34H,6-11,15,22-24,35-37H2,1-5H3. The number of nitrogens with zero attached hydrogens (tertiary/aromatic N) is 2. The summed E-state index contributed by atoms with van der Waals surface area (Å²) in [7, 11) is -4.23. The van der Waals surface area contributed by atoms with E-state index in [2.05, 4.69) is 159 Å². The van der Waals surface area contributed by atoms with Crippen molar-refractivity contribution in [2.45, 2.75) is 110 Å². The molecule has 2 heterocycles. The number of allylic oxidation sites excluding steroid dienone is 8. The van der Waals surface area contributed by atoms with Gasteiger partial charge in [0.15, 0.2) is 5.71 Å². The van der Waals surface area contributed by atoms with Gasteiger partial charge in [0.2, 0.25) is 5.69 Å². The van der Waals surface area contributed by atoms with E-state index in [0.29, 0.717) is 19.4 Å². The van der Waals surface area contributed by atoms with Crippen molar-refractivity contribution in [3.05, 3.63) is 132 Å². The van der Waals surface area contributed by atoms with E-state index < -0.39 is 10.1 Å². The smallest absolute Gasteiger partial charge is 0.210 e. The molecule has 0 saturated carbocycles. The lowest BCUT2D eigenvalue weighted by Crippen LogP contribution is -2.28. The van der Waals surface area contributed by atoms with Gasteiger partial charge in [-0.1, -0.05) is 151 Å². The predicted molar refractivity (Wildman–Crippen MR) is 233 cm³/mol. The van der Waals surface area contributed by atoms with Gasteiger partial charge >= 0.3 is 0 Å². The van der Waals surface area contributed by atoms with Crippen LogP contribution in [0.4, 0.5) is 11.4 Å². The lowest BCUT2D eigenvalue weighted by Gasteiger charge is -2.27. The number of hydrogen-bond acceptors (Lipinski definition) is 4. The fourth-order valence-electron chi connectivity index (χ4n) is 8.99. The third kappa shape index (κ3) is 9.08. The van der Waals surface area contributed by atoms with Crippen molar-refractivity contribution in [2.75, 3.05) is 23.7 Å². The molecule has 0 radical (unpaired) electrons. The second kappa shape index (κ2) is 17.7. The first-order valence-electron chi connectivity index (χ1n) is 20.6. The van der Waals surface area contributed by atoms with E-state index in [1.54, 1.807) is 0 Å². The highest BCUT2D eigenvalue weighted by Crippen LogP contribution is 2.51. The highest BCUT2D eigenvalue weighted by atomic mass is 32.2. The molecule has 290 valence electrons. The van der Waals surface area contributed by atoms with Crippen molar-refractivity contribution < 1.29 is 17.5 Å². The van der Waals surface area contributed by atoms with Gasteiger partial charge in [0.1, 0.15) is 6.54 Å². The number of unbranched alkanes of at least 4 members (excludes halogenated alkanes) is 8. The maximum absolute atomic E-state index is 11.3. The molecule has 4 aromatic rings. The summed E-state index contributed by atoms with van der Waals surface area (Å²) in [6.07, 6.45) is 26.5. The van der Waals surface area contributed by atoms with Crippen LogP contribution in [-0.4, -0.2) is 42.1 Å². The molecule has 2 aliphatic heterocycles. The van der Waals surface area contributed by atoms with E-state index in [1.807, 2.05) is 0 Å². The molecule has 0 unspecified atom stereocenters. The lowest BCUT2D eigenvalue weighted by molar-refractivity contribution is -0.438. The Balaban J connectivity index is 1.21. The minimum atomic E-state index is -4.23. The third-order valence-corrected chi connectivity index (χ3v) is 12.5. The summed E-state index contributed by atoms with van der Waals surface area (Å²) in [6.45, 7) is 13.2. The Labute approximate surface area is 330 Å². The average Bonchev–Trinajstić information content (AvgIpc) is 3.51. The number of benzene rings is 4. The quantitative estimate of drug-likeness (QED) is 0.0439.